The molecule has 0 bridgehead atoms. The summed E-state index contributed by atoms with van der Waals surface area (Å²) in [4.78, 5) is 49.3. The summed E-state index contributed by atoms with van der Waals surface area (Å²) < 4.78 is 5.10. The Hall–Kier alpha value is -3.10. The number of nitrogens with zero attached hydrogens (tertiary/aromatic N) is 1. The van der Waals surface area contributed by atoms with Gasteiger partial charge >= 0.3 is 12.1 Å². The lowest BCUT2D eigenvalue weighted by Gasteiger charge is -2.25. The number of hydrogen-bond acceptors (Lipinski definition) is 5. The molecule has 0 unspecified atom stereocenters. The molecule has 1 heterocycles. The molecule has 9 nitrogen and oxygen atoms in total. The predicted molar refractivity (Wildman–Crippen MR) is 92.4 cm³/mol. The van der Waals surface area contributed by atoms with Gasteiger partial charge in [-0.25, -0.2) is 9.59 Å². The summed E-state index contributed by atoms with van der Waals surface area (Å²) in [5.74, 6) is -0.669. The topological polar surface area (TPSA) is 117 Å². The summed E-state index contributed by atoms with van der Waals surface area (Å²) in [6.45, 7) is 3.27. The minimum atomic E-state index is -1.25. The molecule has 1 saturated heterocycles. The van der Waals surface area contributed by atoms with Crippen molar-refractivity contribution in [1.29, 1.82) is 0 Å². The molecule has 1 aromatic carbocycles. The molecule has 1 aliphatic heterocycles. The first kappa shape index (κ1) is 19.2. The summed E-state index contributed by atoms with van der Waals surface area (Å²) in [7, 11) is 1.53. The van der Waals surface area contributed by atoms with Crippen molar-refractivity contribution in [2.24, 2.45) is 0 Å². The van der Waals surface area contributed by atoms with Crippen molar-refractivity contribution in [3.05, 3.63) is 29.8 Å². The van der Waals surface area contributed by atoms with Gasteiger partial charge in [0.1, 0.15) is 17.8 Å². The fraction of sp³-hybridized carbons (Fsp3) is 0.412. The molecule has 1 aromatic rings. The van der Waals surface area contributed by atoms with Gasteiger partial charge in [-0.3, -0.25) is 19.8 Å². The first-order chi connectivity index (χ1) is 12.4. The maximum atomic E-state index is 12.9. The third-order valence-corrected chi connectivity index (χ3v) is 4.18. The third kappa shape index (κ3) is 3.61. The number of imide groups is 2. The first-order valence-corrected chi connectivity index (χ1v) is 8.24. The maximum absolute atomic E-state index is 12.9. The largest absolute Gasteiger partial charge is 0.497 e. The van der Waals surface area contributed by atoms with E-state index in [1.165, 1.54) is 7.11 Å². The fourth-order valence-electron chi connectivity index (χ4n) is 2.80. The molecule has 9 heteroatoms. The number of hydrogen-bond donors (Lipinski definition) is 3. The van der Waals surface area contributed by atoms with E-state index in [4.69, 9.17) is 4.74 Å². The SMILES string of the molecule is CCNC(=O)NC(=O)CN1C(=O)N[C@@](CC)(c2ccc(OC)cc2)C1=O. The number of amides is 6. The van der Waals surface area contributed by atoms with E-state index in [-0.39, 0.29) is 0 Å². The van der Waals surface area contributed by atoms with Crippen LogP contribution >= 0.6 is 0 Å². The Labute approximate surface area is 151 Å². The fourth-order valence-corrected chi connectivity index (χ4v) is 2.80. The van der Waals surface area contributed by atoms with Crippen molar-refractivity contribution in [2.75, 3.05) is 20.2 Å². The average molecular weight is 362 g/mol. The van der Waals surface area contributed by atoms with Crippen LogP contribution in [0.2, 0.25) is 0 Å². The van der Waals surface area contributed by atoms with E-state index in [2.05, 4.69) is 16.0 Å². The van der Waals surface area contributed by atoms with E-state index in [1.807, 2.05) is 0 Å². The Morgan fingerprint density at radius 1 is 1.19 bits per heavy atom. The zero-order valence-electron chi connectivity index (χ0n) is 14.9. The molecule has 0 radical (unpaired) electrons. The molecule has 0 aromatic heterocycles. The van der Waals surface area contributed by atoms with Gasteiger partial charge in [0.05, 0.1) is 7.11 Å². The van der Waals surface area contributed by atoms with Gasteiger partial charge in [0.2, 0.25) is 5.91 Å². The second kappa shape index (κ2) is 7.85. The molecule has 0 spiro atoms. The van der Waals surface area contributed by atoms with Crippen LogP contribution in [0.25, 0.3) is 0 Å². The lowest BCUT2D eigenvalue weighted by Crippen LogP contribution is -2.47. The van der Waals surface area contributed by atoms with Crippen LogP contribution in [-0.2, 0) is 15.1 Å². The second-order valence-electron chi connectivity index (χ2n) is 5.72. The number of nitrogens with one attached hydrogen (secondary N) is 3. The minimum Gasteiger partial charge on any atom is -0.497 e. The average Bonchev–Trinajstić information content (AvgIpc) is 2.87. The molecular weight excluding hydrogens is 340 g/mol. The summed E-state index contributed by atoms with van der Waals surface area (Å²) >= 11 is 0. The molecule has 1 fully saturated rings. The molecule has 6 amide bonds. The van der Waals surface area contributed by atoms with Crippen LogP contribution in [0.1, 0.15) is 25.8 Å². The van der Waals surface area contributed by atoms with Crippen molar-refractivity contribution < 1.29 is 23.9 Å². The van der Waals surface area contributed by atoms with Crippen LogP contribution in [-0.4, -0.2) is 49.0 Å². The van der Waals surface area contributed by atoms with Crippen LogP contribution in [0.5, 0.6) is 5.75 Å². The monoisotopic (exact) mass is 362 g/mol. The highest BCUT2D eigenvalue weighted by atomic mass is 16.5. The number of carbonyl (C=O) groups excluding carboxylic acids is 4. The van der Waals surface area contributed by atoms with Crippen molar-refractivity contribution in [1.82, 2.24) is 20.9 Å². The van der Waals surface area contributed by atoms with Crippen LogP contribution in [0.15, 0.2) is 24.3 Å². The first-order valence-electron chi connectivity index (χ1n) is 8.24. The normalized spacial score (nSPS) is 19.1. The quantitative estimate of drug-likeness (QED) is 0.644. The van der Waals surface area contributed by atoms with Gasteiger partial charge in [0, 0.05) is 6.54 Å². The van der Waals surface area contributed by atoms with E-state index in [1.54, 1.807) is 38.1 Å². The van der Waals surface area contributed by atoms with Gasteiger partial charge in [-0.05, 0) is 31.0 Å². The van der Waals surface area contributed by atoms with Crippen LogP contribution < -0.4 is 20.7 Å². The summed E-state index contributed by atoms with van der Waals surface area (Å²) in [6, 6.07) is 5.41. The van der Waals surface area contributed by atoms with Gasteiger partial charge in [0.15, 0.2) is 0 Å². The Kier molecular flexibility index (Phi) is 5.81. The third-order valence-electron chi connectivity index (χ3n) is 4.18. The van der Waals surface area contributed by atoms with Crippen molar-refractivity contribution >= 4 is 23.9 Å². The summed E-state index contributed by atoms with van der Waals surface area (Å²) in [5.41, 5.74) is -0.666. The molecule has 2 rings (SSSR count). The highest BCUT2D eigenvalue weighted by Crippen LogP contribution is 2.33. The van der Waals surface area contributed by atoms with E-state index < -0.39 is 36.0 Å². The Bertz CT molecular complexity index is 718. The lowest BCUT2D eigenvalue weighted by molar-refractivity contribution is -0.135. The van der Waals surface area contributed by atoms with Crippen molar-refractivity contribution in [2.45, 2.75) is 25.8 Å². The molecule has 1 atom stereocenters. The Balaban J connectivity index is 2.19. The van der Waals surface area contributed by atoms with Gasteiger partial charge in [-0.1, -0.05) is 19.1 Å². The van der Waals surface area contributed by atoms with Gasteiger partial charge in [-0.2, -0.15) is 0 Å². The standard InChI is InChI=1S/C17H22N4O5/c1-4-17(11-6-8-12(26-3)9-7-11)14(23)21(16(25)20-17)10-13(22)19-15(24)18-5-2/h6-9H,4-5,10H2,1-3H3,(H,20,25)(H2,18,19,22,24)/t17-/m0/s1. The second-order valence-corrected chi connectivity index (χ2v) is 5.72. The molecular formula is C17H22N4O5. The number of benzene rings is 1. The van der Waals surface area contributed by atoms with E-state index in [0.29, 0.717) is 24.3 Å². The molecule has 0 saturated carbocycles. The lowest BCUT2D eigenvalue weighted by atomic mass is 9.87. The highest BCUT2D eigenvalue weighted by molar-refractivity contribution is 6.10. The smallest absolute Gasteiger partial charge is 0.325 e. The Morgan fingerprint density at radius 2 is 1.85 bits per heavy atom. The number of ether oxygens (including phenoxy) is 1. The zero-order chi connectivity index (χ0) is 19.3. The highest BCUT2D eigenvalue weighted by Gasteiger charge is 2.51. The number of rotatable bonds is 6. The number of urea groups is 2. The van der Waals surface area contributed by atoms with Crippen LogP contribution in [0, 0.1) is 0 Å². The molecule has 140 valence electrons. The van der Waals surface area contributed by atoms with E-state index in [9.17, 15) is 19.2 Å². The summed E-state index contributed by atoms with van der Waals surface area (Å²) in [5, 5.41) is 7.14. The molecule has 1 aliphatic rings. The molecule has 26 heavy (non-hydrogen) atoms. The predicted octanol–water partition coefficient (Wildman–Crippen LogP) is 0.698. The van der Waals surface area contributed by atoms with Crippen molar-refractivity contribution in [3.8, 4) is 5.75 Å². The van der Waals surface area contributed by atoms with E-state index in [0.717, 1.165) is 4.90 Å². The number of methoxy groups -OCH3 is 1. The van der Waals surface area contributed by atoms with Crippen molar-refractivity contribution in [3.63, 3.8) is 0 Å². The van der Waals surface area contributed by atoms with Crippen LogP contribution in [0.4, 0.5) is 9.59 Å². The van der Waals surface area contributed by atoms with Crippen LogP contribution in [0.3, 0.4) is 0 Å². The number of carbonyl (C=O) groups is 4. The van der Waals surface area contributed by atoms with Gasteiger partial charge in [-0.15, -0.1) is 0 Å². The maximum Gasteiger partial charge on any atom is 0.325 e. The van der Waals surface area contributed by atoms with E-state index >= 15 is 0 Å². The molecule has 3 N–H and O–H groups in total. The minimum absolute atomic E-state index is 0.304. The van der Waals surface area contributed by atoms with Gasteiger partial charge in [0.25, 0.3) is 5.91 Å². The summed E-state index contributed by atoms with van der Waals surface area (Å²) in [6.07, 6.45) is 0.304. The Morgan fingerprint density at radius 3 is 2.38 bits per heavy atom. The van der Waals surface area contributed by atoms with Gasteiger partial charge < -0.3 is 15.4 Å². The zero-order valence-corrected chi connectivity index (χ0v) is 14.9. The molecule has 0 aliphatic carbocycles.